The maximum absolute atomic E-state index is 13.0. The fourth-order valence-corrected chi connectivity index (χ4v) is 4.78. The van der Waals surface area contributed by atoms with Gasteiger partial charge in [-0.2, -0.15) is 0 Å². The molecule has 3 rings (SSSR count). The molecule has 7 heteroatoms. The van der Waals surface area contributed by atoms with Crippen molar-refractivity contribution in [2.75, 3.05) is 34.4 Å². The number of aliphatic carboxylic acids is 1. The van der Waals surface area contributed by atoms with Gasteiger partial charge in [0.15, 0.2) is 11.5 Å². The molecule has 1 N–H and O–H groups in total. The Balaban J connectivity index is 1.66. The molecule has 1 amide bonds. The summed E-state index contributed by atoms with van der Waals surface area (Å²) < 4.78 is 10.6. The van der Waals surface area contributed by atoms with E-state index in [0.29, 0.717) is 37.6 Å². The van der Waals surface area contributed by atoms with Gasteiger partial charge in [0.05, 0.1) is 25.7 Å². The topological polar surface area (TPSA) is 79.3 Å². The average Bonchev–Trinajstić information content (AvgIpc) is 3.25. The van der Waals surface area contributed by atoms with Crippen molar-refractivity contribution in [3.05, 3.63) is 23.8 Å². The molecule has 1 heterocycles. The van der Waals surface area contributed by atoms with Gasteiger partial charge in [0.2, 0.25) is 5.91 Å². The number of fused-ring (bicyclic) bond motifs is 1. The number of likely N-dealkylation sites (N-methyl/N-ethyl adjacent to an activating group) is 1. The standard InChI is InChI=1S/C21H30N2O5/c1-14(23-12-16-6-5-9-21(16,13-23)20(25)26)19(24)22(2)11-15-7-8-17(27-3)18(10-15)28-4/h7-8,10,14,16H,5-6,9,11-13H2,1-4H3,(H,25,26)/t14?,16-,21+/m0/s1. The number of carbonyl (C=O) groups is 2. The van der Waals surface area contributed by atoms with Crippen molar-refractivity contribution in [2.24, 2.45) is 11.3 Å². The molecule has 2 fully saturated rings. The lowest BCUT2D eigenvalue weighted by molar-refractivity contribution is -0.150. The van der Waals surface area contributed by atoms with Gasteiger partial charge in [0.1, 0.15) is 0 Å². The zero-order chi connectivity index (χ0) is 20.5. The summed E-state index contributed by atoms with van der Waals surface area (Å²) in [6.45, 7) is 3.47. The Morgan fingerprint density at radius 2 is 2.04 bits per heavy atom. The van der Waals surface area contributed by atoms with Gasteiger partial charge in [-0.25, -0.2) is 0 Å². The summed E-state index contributed by atoms with van der Waals surface area (Å²) in [5.41, 5.74) is 0.275. The lowest BCUT2D eigenvalue weighted by atomic mass is 9.81. The Morgan fingerprint density at radius 3 is 2.64 bits per heavy atom. The highest BCUT2D eigenvalue weighted by atomic mass is 16.5. The van der Waals surface area contributed by atoms with Crippen molar-refractivity contribution in [3.8, 4) is 11.5 Å². The number of carboxylic acid groups (broad SMARTS) is 1. The third-order valence-electron chi connectivity index (χ3n) is 6.47. The zero-order valence-corrected chi connectivity index (χ0v) is 17.1. The molecule has 3 atom stereocenters. The number of benzene rings is 1. The van der Waals surface area contributed by atoms with Crippen LogP contribution in [0.3, 0.4) is 0 Å². The fraction of sp³-hybridized carbons (Fsp3) is 0.619. The normalized spacial score (nSPS) is 25.2. The summed E-state index contributed by atoms with van der Waals surface area (Å²) in [5, 5.41) is 9.76. The number of nitrogens with zero attached hydrogens (tertiary/aromatic N) is 2. The first-order chi connectivity index (χ1) is 13.3. The predicted octanol–water partition coefficient (Wildman–Crippen LogP) is 2.24. The van der Waals surface area contributed by atoms with Crippen molar-refractivity contribution < 1.29 is 24.2 Å². The maximum Gasteiger partial charge on any atom is 0.311 e. The SMILES string of the molecule is COc1ccc(CN(C)C(=O)C(C)N2C[C@@H]3CCC[C@@]3(C(=O)O)C2)cc1OC. The van der Waals surface area contributed by atoms with E-state index in [1.54, 1.807) is 26.2 Å². The second-order valence-corrected chi connectivity index (χ2v) is 8.04. The Morgan fingerprint density at radius 1 is 1.32 bits per heavy atom. The van der Waals surface area contributed by atoms with E-state index in [1.807, 2.05) is 30.0 Å². The lowest BCUT2D eigenvalue weighted by Crippen LogP contribution is -2.46. The van der Waals surface area contributed by atoms with Crippen LogP contribution in [-0.2, 0) is 16.1 Å². The molecule has 1 saturated heterocycles. The van der Waals surface area contributed by atoms with Crippen molar-refractivity contribution in [1.82, 2.24) is 9.80 Å². The first-order valence-corrected chi connectivity index (χ1v) is 9.75. The molecular formula is C21H30N2O5. The van der Waals surface area contributed by atoms with Gasteiger partial charge in [-0.3, -0.25) is 14.5 Å². The van der Waals surface area contributed by atoms with Crippen LogP contribution in [0.15, 0.2) is 18.2 Å². The number of rotatable bonds is 7. The quantitative estimate of drug-likeness (QED) is 0.769. The third-order valence-corrected chi connectivity index (χ3v) is 6.47. The van der Waals surface area contributed by atoms with E-state index < -0.39 is 11.4 Å². The number of hydrogen-bond acceptors (Lipinski definition) is 5. The van der Waals surface area contributed by atoms with Crippen LogP contribution in [0, 0.1) is 11.3 Å². The van der Waals surface area contributed by atoms with Crippen LogP contribution in [-0.4, -0.2) is 67.2 Å². The van der Waals surface area contributed by atoms with Crippen molar-refractivity contribution in [3.63, 3.8) is 0 Å². The number of carboxylic acids is 1. The molecule has 1 aliphatic carbocycles. The minimum atomic E-state index is -0.712. The molecule has 0 aromatic heterocycles. The summed E-state index contributed by atoms with van der Waals surface area (Å²) in [4.78, 5) is 28.6. The predicted molar refractivity (Wildman–Crippen MR) is 104 cm³/mol. The summed E-state index contributed by atoms with van der Waals surface area (Å²) in [6, 6.07) is 5.27. The van der Waals surface area contributed by atoms with E-state index in [4.69, 9.17) is 9.47 Å². The Labute approximate surface area is 166 Å². The highest BCUT2D eigenvalue weighted by Crippen LogP contribution is 2.49. The minimum absolute atomic E-state index is 0.00435. The van der Waals surface area contributed by atoms with Gasteiger partial charge >= 0.3 is 5.97 Å². The van der Waals surface area contributed by atoms with Crippen LogP contribution in [0.4, 0.5) is 0 Å². The number of methoxy groups -OCH3 is 2. The van der Waals surface area contributed by atoms with Gasteiger partial charge < -0.3 is 19.5 Å². The van der Waals surface area contributed by atoms with E-state index in [2.05, 4.69) is 0 Å². The van der Waals surface area contributed by atoms with Crippen LogP contribution < -0.4 is 9.47 Å². The van der Waals surface area contributed by atoms with Gasteiger partial charge in [0.25, 0.3) is 0 Å². The van der Waals surface area contributed by atoms with E-state index in [9.17, 15) is 14.7 Å². The second-order valence-electron chi connectivity index (χ2n) is 8.04. The largest absolute Gasteiger partial charge is 0.493 e. The molecule has 1 unspecified atom stereocenters. The summed E-state index contributed by atoms with van der Waals surface area (Å²) >= 11 is 0. The molecular weight excluding hydrogens is 360 g/mol. The Kier molecular flexibility index (Phi) is 5.84. The molecule has 0 spiro atoms. The molecule has 7 nitrogen and oxygen atoms in total. The van der Waals surface area contributed by atoms with Crippen molar-refractivity contribution >= 4 is 11.9 Å². The maximum atomic E-state index is 13.0. The molecule has 1 aromatic carbocycles. The van der Waals surface area contributed by atoms with Gasteiger partial charge in [-0.15, -0.1) is 0 Å². The van der Waals surface area contributed by atoms with Crippen LogP contribution >= 0.6 is 0 Å². The first-order valence-electron chi connectivity index (χ1n) is 9.75. The number of amides is 1. The van der Waals surface area contributed by atoms with Crippen molar-refractivity contribution in [2.45, 2.75) is 38.8 Å². The van der Waals surface area contributed by atoms with Crippen LogP contribution in [0.1, 0.15) is 31.7 Å². The summed E-state index contributed by atoms with van der Waals surface area (Å²) in [6.07, 6.45) is 2.61. The Bertz CT molecular complexity index is 752. The van der Waals surface area contributed by atoms with Crippen molar-refractivity contribution in [1.29, 1.82) is 0 Å². The first kappa shape index (κ1) is 20.5. The molecule has 0 bridgehead atoms. The molecule has 154 valence electrons. The van der Waals surface area contributed by atoms with E-state index in [-0.39, 0.29) is 17.9 Å². The summed E-state index contributed by atoms with van der Waals surface area (Å²) in [5.74, 6) is 0.711. The smallest absolute Gasteiger partial charge is 0.311 e. The highest BCUT2D eigenvalue weighted by molar-refractivity contribution is 5.82. The molecule has 2 aliphatic rings. The van der Waals surface area contributed by atoms with E-state index in [0.717, 1.165) is 18.4 Å². The highest BCUT2D eigenvalue weighted by Gasteiger charge is 2.55. The number of ether oxygens (including phenoxy) is 2. The van der Waals surface area contributed by atoms with Crippen LogP contribution in [0.25, 0.3) is 0 Å². The number of carbonyl (C=O) groups excluding carboxylic acids is 1. The van der Waals surface area contributed by atoms with E-state index >= 15 is 0 Å². The summed E-state index contributed by atoms with van der Waals surface area (Å²) in [7, 11) is 4.95. The zero-order valence-electron chi connectivity index (χ0n) is 17.1. The molecule has 1 aliphatic heterocycles. The van der Waals surface area contributed by atoms with Gasteiger partial charge in [-0.1, -0.05) is 12.5 Å². The number of likely N-dealkylation sites (tertiary alicyclic amines) is 1. The lowest BCUT2D eigenvalue weighted by Gasteiger charge is -2.29. The van der Waals surface area contributed by atoms with E-state index in [1.165, 1.54) is 0 Å². The van der Waals surface area contributed by atoms with Crippen LogP contribution in [0.2, 0.25) is 0 Å². The Hall–Kier alpha value is -2.28. The molecule has 1 aromatic rings. The molecule has 0 radical (unpaired) electrons. The monoisotopic (exact) mass is 390 g/mol. The number of hydrogen-bond donors (Lipinski definition) is 1. The third kappa shape index (κ3) is 3.55. The van der Waals surface area contributed by atoms with Crippen LogP contribution in [0.5, 0.6) is 11.5 Å². The van der Waals surface area contributed by atoms with Gasteiger partial charge in [0, 0.05) is 26.7 Å². The second kappa shape index (κ2) is 7.99. The fourth-order valence-electron chi connectivity index (χ4n) is 4.78. The molecule has 28 heavy (non-hydrogen) atoms. The minimum Gasteiger partial charge on any atom is -0.493 e. The van der Waals surface area contributed by atoms with Gasteiger partial charge in [-0.05, 0) is 43.4 Å². The average molecular weight is 390 g/mol. The molecule has 1 saturated carbocycles.